The summed E-state index contributed by atoms with van der Waals surface area (Å²) in [5.41, 5.74) is 2.35. The van der Waals surface area contributed by atoms with Crippen molar-refractivity contribution in [1.82, 2.24) is 10.2 Å². The van der Waals surface area contributed by atoms with E-state index in [2.05, 4.69) is 10.2 Å². The van der Waals surface area contributed by atoms with E-state index in [-0.39, 0.29) is 5.78 Å². The first-order valence-corrected chi connectivity index (χ1v) is 6.51. The van der Waals surface area contributed by atoms with Crippen molar-refractivity contribution in [2.75, 3.05) is 0 Å². The number of carbonyl (C=O) groups excluding carboxylic acids is 1. The molecule has 3 nitrogen and oxygen atoms in total. The van der Waals surface area contributed by atoms with E-state index in [0.717, 1.165) is 17.0 Å². The lowest BCUT2D eigenvalue weighted by atomic mass is 9.84. The molecule has 3 heteroatoms. The van der Waals surface area contributed by atoms with E-state index in [1.165, 1.54) is 32.1 Å². The van der Waals surface area contributed by atoms with Crippen molar-refractivity contribution < 1.29 is 4.79 Å². The summed E-state index contributed by atoms with van der Waals surface area (Å²) in [6, 6.07) is 1.87. The van der Waals surface area contributed by atoms with Crippen LogP contribution in [-0.2, 0) is 0 Å². The minimum atomic E-state index is 0.243. The third-order valence-electron chi connectivity index (χ3n) is 3.60. The molecule has 1 aromatic rings. The Morgan fingerprint density at radius 3 is 2.65 bits per heavy atom. The van der Waals surface area contributed by atoms with Crippen LogP contribution in [0.1, 0.15) is 60.3 Å². The predicted molar refractivity (Wildman–Crippen MR) is 67.0 cm³/mol. The number of aromatic nitrogens is 2. The minimum absolute atomic E-state index is 0.243. The van der Waals surface area contributed by atoms with Crippen LogP contribution in [0.2, 0.25) is 0 Å². The van der Waals surface area contributed by atoms with Crippen LogP contribution in [0.15, 0.2) is 6.07 Å². The molecule has 0 atom stereocenters. The Morgan fingerprint density at radius 2 is 1.94 bits per heavy atom. The molecule has 1 heterocycles. The first kappa shape index (κ1) is 12.2. The van der Waals surface area contributed by atoms with Gasteiger partial charge in [0.15, 0.2) is 5.78 Å². The molecule has 1 aliphatic rings. The number of hydrogen-bond acceptors (Lipinski definition) is 3. The van der Waals surface area contributed by atoms with E-state index in [1.54, 1.807) is 0 Å². The molecule has 0 spiro atoms. The van der Waals surface area contributed by atoms with Crippen molar-refractivity contribution in [3.05, 3.63) is 23.0 Å². The van der Waals surface area contributed by atoms with Gasteiger partial charge in [-0.15, -0.1) is 0 Å². The van der Waals surface area contributed by atoms with Crippen LogP contribution in [-0.4, -0.2) is 16.0 Å². The molecule has 0 aromatic carbocycles. The molecule has 0 amide bonds. The zero-order chi connectivity index (χ0) is 12.3. The van der Waals surface area contributed by atoms with Crippen LogP contribution >= 0.6 is 0 Å². The van der Waals surface area contributed by atoms with Gasteiger partial charge in [0.2, 0.25) is 0 Å². The molecular formula is C14H20N2O. The molecule has 0 saturated heterocycles. The Morgan fingerprint density at radius 1 is 1.24 bits per heavy atom. The molecule has 0 N–H and O–H groups in total. The summed E-state index contributed by atoms with van der Waals surface area (Å²) in [6.45, 7) is 3.74. The van der Waals surface area contributed by atoms with Crippen molar-refractivity contribution in [2.24, 2.45) is 5.92 Å². The molecule has 1 aromatic heterocycles. The van der Waals surface area contributed by atoms with Gasteiger partial charge in [0.1, 0.15) is 0 Å². The topological polar surface area (TPSA) is 42.9 Å². The van der Waals surface area contributed by atoms with Gasteiger partial charge in [-0.05, 0) is 25.8 Å². The van der Waals surface area contributed by atoms with Gasteiger partial charge in [0.05, 0.1) is 11.4 Å². The molecule has 0 unspecified atom stereocenters. The number of ketones is 1. The normalized spacial score (nSPS) is 17.1. The molecule has 0 aliphatic heterocycles. The van der Waals surface area contributed by atoms with E-state index in [4.69, 9.17) is 0 Å². The average Bonchev–Trinajstić information content (AvgIpc) is 2.33. The van der Waals surface area contributed by atoms with E-state index in [1.807, 2.05) is 19.9 Å². The second-order valence-corrected chi connectivity index (χ2v) is 5.12. The summed E-state index contributed by atoms with van der Waals surface area (Å²) in [5.74, 6) is 0.830. The summed E-state index contributed by atoms with van der Waals surface area (Å²) in [7, 11) is 0. The first-order chi connectivity index (χ1) is 8.16. The monoisotopic (exact) mass is 232 g/mol. The fraction of sp³-hybridized carbons (Fsp3) is 0.643. The lowest BCUT2D eigenvalue weighted by Gasteiger charge is -2.20. The zero-order valence-electron chi connectivity index (χ0n) is 10.7. The average molecular weight is 232 g/mol. The number of carbonyl (C=O) groups is 1. The SMILES string of the molecule is Cc1cc(C(=O)CC2CCCCC2)c(C)nn1. The summed E-state index contributed by atoms with van der Waals surface area (Å²) < 4.78 is 0. The number of hydrogen-bond donors (Lipinski definition) is 0. The van der Waals surface area contributed by atoms with Gasteiger partial charge in [0, 0.05) is 12.0 Å². The Balaban J connectivity index is 2.05. The van der Waals surface area contributed by atoms with E-state index in [0.29, 0.717) is 12.3 Å². The molecule has 17 heavy (non-hydrogen) atoms. The predicted octanol–water partition coefficient (Wildman–Crippen LogP) is 3.25. The van der Waals surface area contributed by atoms with E-state index < -0.39 is 0 Å². The second-order valence-electron chi connectivity index (χ2n) is 5.12. The van der Waals surface area contributed by atoms with Gasteiger partial charge in [-0.3, -0.25) is 4.79 Å². The van der Waals surface area contributed by atoms with Crippen LogP contribution in [0.3, 0.4) is 0 Å². The van der Waals surface area contributed by atoms with E-state index in [9.17, 15) is 4.79 Å². The van der Waals surface area contributed by atoms with Crippen LogP contribution in [0.4, 0.5) is 0 Å². The molecule has 2 rings (SSSR count). The second kappa shape index (κ2) is 5.39. The van der Waals surface area contributed by atoms with Crippen molar-refractivity contribution in [3.63, 3.8) is 0 Å². The Bertz CT molecular complexity index is 409. The van der Waals surface area contributed by atoms with Crippen LogP contribution < -0.4 is 0 Å². The van der Waals surface area contributed by atoms with Crippen molar-refractivity contribution in [3.8, 4) is 0 Å². The van der Waals surface area contributed by atoms with Gasteiger partial charge < -0.3 is 0 Å². The lowest BCUT2D eigenvalue weighted by molar-refractivity contribution is 0.0949. The van der Waals surface area contributed by atoms with Crippen molar-refractivity contribution in [1.29, 1.82) is 0 Å². The minimum Gasteiger partial charge on any atom is -0.294 e. The molecule has 1 saturated carbocycles. The van der Waals surface area contributed by atoms with Crippen LogP contribution in [0.5, 0.6) is 0 Å². The first-order valence-electron chi connectivity index (χ1n) is 6.51. The highest BCUT2D eigenvalue weighted by molar-refractivity contribution is 5.97. The maximum Gasteiger partial charge on any atom is 0.165 e. The highest BCUT2D eigenvalue weighted by Crippen LogP contribution is 2.27. The number of Topliss-reactive ketones (excluding diaryl/α,β-unsaturated/α-hetero) is 1. The summed E-state index contributed by atoms with van der Waals surface area (Å²) in [4.78, 5) is 12.2. The summed E-state index contributed by atoms with van der Waals surface area (Å²) >= 11 is 0. The third kappa shape index (κ3) is 3.11. The Labute approximate surface area is 103 Å². The van der Waals surface area contributed by atoms with Gasteiger partial charge >= 0.3 is 0 Å². The molecule has 92 valence electrons. The van der Waals surface area contributed by atoms with Gasteiger partial charge in [-0.2, -0.15) is 10.2 Å². The fourth-order valence-corrected chi connectivity index (χ4v) is 2.60. The van der Waals surface area contributed by atoms with Gasteiger partial charge in [-0.1, -0.05) is 32.1 Å². The summed E-state index contributed by atoms with van der Waals surface area (Å²) in [5, 5.41) is 7.99. The molecule has 0 radical (unpaired) electrons. The molecular weight excluding hydrogens is 212 g/mol. The highest BCUT2D eigenvalue weighted by Gasteiger charge is 2.19. The standard InChI is InChI=1S/C14H20N2O/c1-10-8-13(11(2)16-15-10)14(17)9-12-6-4-3-5-7-12/h8,12H,3-7,9H2,1-2H3. The smallest absolute Gasteiger partial charge is 0.165 e. The molecule has 0 bridgehead atoms. The Kier molecular flexibility index (Phi) is 3.87. The van der Waals surface area contributed by atoms with Crippen LogP contribution in [0.25, 0.3) is 0 Å². The molecule has 1 fully saturated rings. The quantitative estimate of drug-likeness (QED) is 0.751. The Hall–Kier alpha value is -1.25. The zero-order valence-corrected chi connectivity index (χ0v) is 10.7. The van der Waals surface area contributed by atoms with E-state index >= 15 is 0 Å². The van der Waals surface area contributed by atoms with Gasteiger partial charge in [-0.25, -0.2) is 0 Å². The number of nitrogens with zero attached hydrogens (tertiary/aromatic N) is 2. The third-order valence-corrected chi connectivity index (χ3v) is 3.60. The van der Waals surface area contributed by atoms with Gasteiger partial charge in [0.25, 0.3) is 0 Å². The number of rotatable bonds is 3. The van der Waals surface area contributed by atoms with Crippen molar-refractivity contribution in [2.45, 2.75) is 52.4 Å². The van der Waals surface area contributed by atoms with Crippen molar-refractivity contribution >= 4 is 5.78 Å². The lowest BCUT2D eigenvalue weighted by Crippen LogP contribution is -2.14. The summed E-state index contributed by atoms with van der Waals surface area (Å²) in [6.07, 6.45) is 7.01. The molecule has 1 aliphatic carbocycles. The van der Waals surface area contributed by atoms with Crippen LogP contribution in [0, 0.1) is 19.8 Å². The highest BCUT2D eigenvalue weighted by atomic mass is 16.1. The largest absolute Gasteiger partial charge is 0.294 e. The maximum absolute atomic E-state index is 12.2. The fourth-order valence-electron chi connectivity index (χ4n) is 2.60. The maximum atomic E-state index is 12.2. The number of aryl methyl sites for hydroxylation is 2.